The van der Waals surface area contributed by atoms with Gasteiger partial charge in [-0.1, -0.05) is 57.9 Å². The van der Waals surface area contributed by atoms with Gasteiger partial charge < -0.3 is 30.4 Å². The Bertz CT molecular complexity index is 1250. The van der Waals surface area contributed by atoms with Gasteiger partial charge >= 0.3 is 0 Å². The highest BCUT2D eigenvalue weighted by atomic mass is 19.1. The molecule has 2 amide bonds. The maximum Gasteiger partial charge on any atom is 0.273 e. The van der Waals surface area contributed by atoms with Crippen LogP contribution in [0.2, 0.25) is 0 Å². The van der Waals surface area contributed by atoms with E-state index in [0.29, 0.717) is 30.0 Å². The number of benzene rings is 1. The van der Waals surface area contributed by atoms with Gasteiger partial charge in [0.05, 0.1) is 24.2 Å². The number of hydrogen-bond acceptors (Lipinski definition) is 7. The summed E-state index contributed by atoms with van der Waals surface area (Å²) in [4.78, 5) is 29.2. The van der Waals surface area contributed by atoms with Crippen LogP contribution in [0.4, 0.5) is 4.39 Å². The number of oxazole rings is 1. The van der Waals surface area contributed by atoms with Crippen molar-refractivity contribution >= 4 is 11.8 Å². The lowest BCUT2D eigenvalue weighted by atomic mass is 9.74. The van der Waals surface area contributed by atoms with E-state index in [1.54, 1.807) is 6.92 Å². The number of primary amides is 1. The zero-order valence-corrected chi connectivity index (χ0v) is 25.1. The quantitative estimate of drug-likeness (QED) is 0.233. The summed E-state index contributed by atoms with van der Waals surface area (Å²) in [6.45, 7) is 1.70. The van der Waals surface area contributed by atoms with E-state index >= 15 is 0 Å². The van der Waals surface area contributed by atoms with Crippen LogP contribution in [0.1, 0.15) is 111 Å². The van der Waals surface area contributed by atoms with E-state index in [4.69, 9.17) is 14.9 Å². The van der Waals surface area contributed by atoms with Crippen molar-refractivity contribution in [2.75, 3.05) is 13.2 Å². The molecule has 1 aromatic carbocycles. The Labute approximate surface area is 252 Å². The predicted octanol–water partition coefficient (Wildman–Crippen LogP) is 4.56. The molecule has 2 aromatic rings. The standard InChI is InChI=1S/C33H46FN3O6/c1-19(31(35)40)25(17-38)30(39)23-11-10-22(34)15-21(23)16-24-27-12-13-28(43-27)29(24)33-37-26(18-42-33)32(41)36-14-6-5-9-20-7-3-2-4-8-20/h10-11,15,18-20,24-25,27-30,38-39H,2-9,12-14,16-17H2,1H3,(H2,35,40)(H,36,41). The maximum atomic E-state index is 14.5. The van der Waals surface area contributed by atoms with Crippen LogP contribution < -0.4 is 11.1 Å². The second-order valence-electron chi connectivity index (χ2n) is 12.8. The van der Waals surface area contributed by atoms with Gasteiger partial charge in [-0.2, -0.15) is 0 Å². The molecule has 1 aliphatic carbocycles. The van der Waals surface area contributed by atoms with E-state index in [-0.39, 0.29) is 35.6 Å². The third-order valence-corrected chi connectivity index (χ3v) is 10.1. The molecule has 10 heteroatoms. The van der Waals surface area contributed by atoms with Gasteiger partial charge in [-0.3, -0.25) is 9.59 Å². The third-order valence-electron chi connectivity index (χ3n) is 10.1. The normalized spacial score (nSPS) is 25.9. The van der Waals surface area contributed by atoms with E-state index in [2.05, 4.69) is 10.3 Å². The molecule has 2 aliphatic heterocycles. The minimum absolute atomic E-state index is 0.102. The summed E-state index contributed by atoms with van der Waals surface area (Å²) in [6.07, 6.45) is 12.0. The van der Waals surface area contributed by atoms with Crippen LogP contribution in [0.15, 0.2) is 28.9 Å². The molecular weight excluding hydrogens is 553 g/mol. The first-order chi connectivity index (χ1) is 20.8. The van der Waals surface area contributed by atoms with Gasteiger partial charge in [0.2, 0.25) is 11.8 Å². The number of amides is 2. The lowest BCUT2D eigenvalue weighted by Gasteiger charge is -2.30. The minimum Gasteiger partial charge on any atom is -0.448 e. The van der Waals surface area contributed by atoms with E-state index in [9.17, 15) is 24.2 Å². The van der Waals surface area contributed by atoms with Gasteiger partial charge in [-0.15, -0.1) is 0 Å². The number of hydrogen-bond donors (Lipinski definition) is 4. The Balaban J connectivity index is 1.24. The van der Waals surface area contributed by atoms with E-state index < -0.39 is 36.3 Å². The fourth-order valence-electron chi connectivity index (χ4n) is 7.51. The zero-order valence-electron chi connectivity index (χ0n) is 25.1. The van der Waals surface area contributed by atoms with Crippen LogP contribution >= 0.6 is 0 Å². The number of fused-ring (bicyclic) bond motifs is 2. The van der Waals surface area contributed by atoms with Crippen molar-refractivity contribution in [3.8, 4) is 0 Å². The van der Waals surface area contributed by atoms with E-state index in [1.165, 1.54) is 63.0 Å². The van der Waals surface area contributed by atoms with Crippen molar-refractivity contribution in [2.45, 2.75) is 102 Å². The lowest BCUT2D eigenvalue weighted by Crippen LogP contribution is -2.34. The number of aromatic nitrogens is 1. The molecule has 1 saturated carbocycles. The van der Waals surface area contributed by atoms with Gasteiger partial charge in [0.25, 0.3) is 5.91 Å². The monoisotopic (exact) mass is 599 g/mol. The number of ether oxygens (including phenoxy) is 1. The molecule has 3 heterocycles. The molecule has 0 spiro atoms. The van der Waals surface area contributed by atoms with Gasteiger partial charge in [0.1, 0.15) is 12.1 Å². The first kappa shape index (κ1) is 31.6. The van der Waals surface area contributed by atoms with Crippen molar-refractivity contribution in [3.63, 3.8) is 0 Å². The molecule has 0 radical (unpaired) electrons. The molecule has 5 N–H and O–H groups in total. The Morgan fingerprint density at radius 2 is 1.91 bits per heavy atom. The number of aliphatic hydroxyl groups excluding tert-OH is 2. The summed E-state index contributed by atoms with van der Waals surface area (Å²) in [5.41, 5.74) is 6.69. The van der Waals surface area contributed by atoms with Crippen LogP contribution in [-0.2, 0) is 16.0 Å². The van der Waals surface area contributed by atoms with Crippen molar-refractivity contribution < 1.29 is 33.3 Å². The zero-order chi connectivity index (χ0) is 30.5. The highest BCUT2D eigenvalue weighted by molar-refractivity contribution is 5.91. The van der Waals surface area contributed by atoms with Crippen molar-refractivity contribution in [3.05, 3.63) is 53.0 Å². The molecule has 2 bridgehead atoms. The average molecular weight is 600 g/mol. The number of aliphatic hydroxyl groups is 2. The summed E-state index contributed by atoms with van der Waals surface area (Å²) in [6, 6.07) is 4.14. The highest BCUT2D eigenvalue weighted by Crippen LogP contribution is 2.50. The van der Waals surface area contributed by atoms with Crippen LogP contribution in [0.3, 0.4) is 0 Å². The number of halogens is 1. The summed E-state index contributed by atoms with van der Waals surface area (Å²) >= 11 is 0. The number of nitrogens with two attached hydrogens (primary N) is 1. The molecule has 7 atom stereocenters. The number of nitrogens with zero attached hydrogens (tertiary/aromatic N) is 1. The lowest BCUT2D eigenvalue weighted by molar-refractivity contribution is -0.125. The maximum absolute atomic E-state index is 14.5. The van der Waals surface area contributed by atoms with Gasteiger partial charge in [0.15, 0.2) is 5.69 Å². The Kier molecular flexibility index (Phi) is 10.5. The highest BCUT2D eigenvalue weighted by Gasteiger charge is 2.52. The predicted molar refractivity (Wildman–Crippen MR) is 157 cm³/mol. The van der Waals surface area contributed by atoms with Crippen molar-refractivity contribution in [1.29, 1.82) is 0 Å². The van der Waals surface area contributed by atoms with Gasteiger partial charge in [0, 0.05) is 30.9 Å². The second kappa shape index (κ2) is 14.3. The number of nitrogens with one attached hydrogen (secondary N) is 1. The first-order valence-corrected chi connectivity index (χ1v) is 16.0. The van der Waals surface area contributed by atoms with Crippen LogP contribution in [0.5, 0.6) is 0 Å². The molecule has 236 valence electrons. The first-order valence-electron chi connectivity index (χ1n) is 16.0. The topological polar surface area (TPSA) is 148 Å². The molecule has 5 rings (SSSR count). The van der Waals surface area contributed by atoms with Gasteiger partial charge in [-0.25, -0.2) is 9.37 Å². The number of unbranched alkanes of at least 4 members (excludes halogenated alkanes) is 1. The molecule has 9 nitrogen and oxygen atoms in total. The third kappa shape index (κ3) is 7.29. The molecule has 2 saturated heterocycles. The number of carbonyl (C=O) groups excluding carboxylic acids is 2. The Morgan fingerprint density at radius 1 is 1.14 bits per heavy atom. The largest absolute Gasteiger partial charge is 0.448 e. The number of carbonyl (C=O) groups is 2. The summed E-state index contributed by atoms with van der Waals surface area (Å²) < 4.78 is 26.6. The molecule has 7 unspecified atom stereocenters. The molecule has 43 heavy (non-hydrogen) atoms. The van der Waals surface area contributed by atoms with E-state index in [0.717, 1.165) is 31.6 Å². The summed E-state index contributed by atoms with van der Waals surface area (Å²) in [5, 5.41) is 24.1. The Hall–Kier alpha value is -2.82. The van der Waals surface area contributed by atoms with E-state index in [1.807, 2.05) is 0 Å². The molecular formula is C33H46FN3O6. The SMILES string of the molecule is CC(C(N)=O)C(CO)C(O)c1ccc(F)cc1CC1C2CCC(O2)C1c1nc(C(=O)NCCCCC2CCCCC2)co1. The fraction of sp³-hybridized carbons (Fsp3) is 0.667. The number of rotatable bonds is 14. The fourth-order valence-corrected chi connectivity index (χ4v) is 7.51. The minimum atomic E-state index is -1.22. The summed E-state index contributed by atoms with van der Waals surface area (Å²) in [7, 11) is 0. The van der Waals surface area contributed by atoms with Crippen LogP contribution in [0.25, 0.3) is 0 Å². The average Bonchev–Trinajstić information content (AvgIpc) is 3.75. The summed E-state index contributed by atoms with van der Waals surface area (Å²) in [5.74, 6) is -2.07. The van der Waals surface area contributed by atoms with Crippen LogP contribution in [0, 0.1) is 29.5 Å². The van der Waals surface area contributed by atoms with Gasteiger partial charge in [-0.05, 0) is 54.9 Å². The molecule has 3 aliphatic rings. The molecule has 3 fully saturated rings. The smallest absolute Gasteiger partial charge is 0.273 e. The van der Waals surface area contributed by atoms with Crippen molar-refractivity contribution in [2.24, 2.45) is 29.4 Å². The molecule has 1 aromatic heterocycles. The second-order valence-corrected chi connectivity index (χ2v) is 12.8. The van der Waals surface area contributed by atoms with Crippen LogP contribution in [-0.4, -0.2) is 52.4 Å². The van der Waals surface area contributed by atoms with Crippen molar-refractivity contribution in [1.82, 2.24) is 10.3 Å². The Morgan fingerprint density at radius 3 is 2.65 bits per heavy atom.